The number of carbonyl (C=O) groups is 1. The summed E-state index contributed by atoms with van der Waals surface area (Å²) >= 11 is 1.32. The SMILES string of the molecule is C=Cc1nc(C=O)sc1C=C. The van der Waals surface area contributed by atoms with Gasteiger partial charge in [-0.15, -0.1) is 11.3 Å². The smallest absolute Gasteiger partial charge is 0.178 e. The first kappa shape index (κ1) is 7.88. The fraction of sp³-hybridized carbons (Fsp3) is 0. The van der Waals surface area contributed by atoms with Gasteiger partial charge in [0.1, 0.15) is 0 Å². The molecule has 0 saturated heterocycles. The molecule has 0 aliphatic heterocycles. The first-order chi connectivity index (χ1) is 5.31. The maximum atomic E-state index is 10.3. The normalized spacial score (nSPS) is 9.09. The van der Waals surface area contributed by atoms with Gasteiger partial charge >= 0.3 is 0 Å². The molecule has 0 amide bonds. The Morgan fingerprint density at radius 2 is 2.09 bits per heavy atom. The van der Waals surface area contributed by atoms with E-state index in [9.17, 15) is 4.79 Å². The molecule has 1 aromatic heterocycles. The van der Waals surface area contributed by atoms with Gasteiger partial charge in [-0.1, -0.05) is 13.2 Å². The summed E-state index contributed by atoms with van der Waals surface area (Å²) in [5.41, 5.74) is 0.729. The van der Waals surface area contributed by atoms with Crippen molar-refractivity contribution in [2.75, 3.05) is 0 Å². The van der Waals surface area contributed by atoms with Gasteiger partial charge in [0.15, 0.2) is 11.3 Å². The first-order valence-electron chi connectivity index (χ1n) is 3.02. The third-order valence-electron chi connectivity index (χ3n) is 1.18. The maximum absolute atomic E-state index is 10.3. The fourth-order valence-corrected chi connectivity index (χ4v) is 1.44. The van der Waals surface area contributed by atoms with Gasteiger partial charge in [0.05, 0.1) is 10.6 Å². The molecule has 2 nitrogen and oxygen atoms in total. The third-order valence-corrected chi connectivity index (χ3v) is 2.17. The van der Waals surface area contributed by atoms with Crippen molar-refractivity contribution in [3.05, 3.63) is 28.7 Å². The Balaban J connectivity index is 3.21. The predicted octanol–water partition coefficient (Wildman–Crippen LogP) is 2.24. The summed E-state index contributed by atoms with van der Waals surface area (Å²) in [7, 11) is 0. The van der Waals surface area contributed by atoms with E-state index in [0.717, 1.165) is 16.9 Å². The highest BCUT2D eigenvalue weighted by molar-refractivity contribution is 7.14. The first-order valence-corrected chi connectivity index (χ1v) is 3.84. The molecule has 0 aliphatic rings. The molecule has 0 unspecified atom stereocenters. The van der Waals surface area contributed by atoms with Crippen molar-refractivity contribution in [1.29, 1.82) is 0 Å². The highest BCUT2D eigenvalue weighted by atomic mass is 32.1. The minimum Gasteiger partial charge on any atom is -0.295 e. The molecule has 1 aromatic rings. The topological polar surface area (TPSA) is 30.0 Å². The Hall–Kier alpha value is -1.22. The van der Waals surface area contributed by atoms with Crippen LogP contribution in [0.25, 0.3) is 12.2 Å². The van der Waals surface area contributed by atoms with Crippen LogP contribution < -0.4 is 0 Å². The van der Waals surface area contributed by atoms with Crippen LogP contribution in [0, 0.1) is 0 Å². The second-order valence-corrected chi connectivity index (χ2v) is 2.89. The zero-order valence-corrected chi connectivity index (χ0v) is 6.73. The lowest BCUT2D eigenvalue weighted by Gasteiger charge is -1.82. The average Bonchev–Trinajstić information content (AvgIpc) is 2.46. The summed E-state index contributed by atoms with van der Waals surface area (Å²) in [6.07, 6.45) is 4.01. The van der Waals surface area contributed by atoms with Gasteiger partial charge in [0, 0.05) is 0 Å². The highest BCUT2D eigenvalue weighted by Crippen LogP contribution is 2.18. The van der Waals surface area contributed by atoms with Crippen LogP contribution in [0.2, 0.25) is 0 Å². The van der Waals surface area contributed by atoms with Crippen molar-refractivity contribution in [2.45, 2.75) is 0 Å². The second kappa shape index (κ2) is 3.25. The summed E-state index contributed by atoms with van der Waals surface area (Å²) in [5.74, 6) is 0. The van der Waals surface area contributed by atoms with E-state index >= 15 is 0 Å². The number of aromatic nitrogens is 1. The molecule has 1 rings (SSSR count). The molecule has 0 aromatic carbocycles. The van der Waals surface area contributed by atoms with Crippen LogP contribution in [0.1, 0.15) is 20.4 Å². The Labute approximate surface area is 68.9 Å². The molecule has 1 heterocycles. The van der Waals surface area contributed by atoms with Crippen molar-refractivity contribution in [3.8, 4) is 0 Å². The molecule has 0 N–H and O–H groups in total. The summed E-state index contributed by atoms with van der Waals surface area (Å²) < 4.78 is 0. The number of aldehydes is 1. The zero-order chi connectivity index (χ0) is 8.27. The minimum atomic E-state index is 0.467. The molecular formula is C8H7NOS. The Bertz CT molecular complexity index is 276. The van der Waals surface area contributed by atoms with Gasteiger partial charge < -0.3 is 0 Å². The van der Waals surface area contributed by atoms with Crippen molar-refractivity contribution in [3.63, 3.8) is 0 Å². The standard InChI is InChI=1S/C8H7NOS/c1-3-6-7(4-2)11-8(5-10)9-6/h3-5H,1-2H2. The Kier molecular flexibility index (Phi) is 2.33. The van der Waals surface area contributed by atoms with Crippen molar-refractivity contribution in [1.82, 2.24) is 4.98 Å². The predicted molar refractivity (Wildman–Crippen MR) is 47.7 cm³/mol. The lowest BCUT2D eigenvalue weighted by atomic mass is 10.3. The van der Waals surface area contributed by atoms with E-state index in [1.165, 1.54) is 11.3 Å². The number of rotatable bonds is 3. The number of hydrogen-bond donors (Lipinski definition) is 0. The van der Waals surface area contributed by atoms with E-state index in [2.05, 4.69) is 18.1 Å². The van der Waals surface area contributed by atoms with E-state index in [-0.39, 0.29) is 0 Å². The van der Waals surface area contributed by atoms with E-state index in [0.29, 0.717) is 5.01 Å². The summed E-state index contributed by atoms with van der Waals surface area (Å²) in [4.78, 5) is 15.2. The van der Waals surface area contributed by atoms with Crippen LogP contribution in [0.5, 0.6) is 0 Å². The molecule has 0 aliphatic carbocycles. The molecule has 0 radical (unpaired) electrons. The number of nitrogens with zero attached hydrogens (tertiary/aromatic N) is 1. The van der Waals surface area contributed by atoms with Crippen molar-refractivity contribution >= 4 is 29.8 Å². The summed E-state index contributed by atoms with van der Waals surface area (Å²) in [5, 5.41) is 0.467. The molecule has 0 atom stereocenters. The van der Waals surface area contributed by atoms with Crippen LogP contribution in [0.3, 0.4) is 0 Å². The highest BCUT2D eigenvalue weighted by Gasteiger charge is 2.03. The van der Waals surface area contributed by atoms with E-state index in [4.69, 9.17) is 0 Å². The van der Waals surface area contributed by atoms with Crippen molar-refractivity contribution < 1.29 is 4.79 Å². The van der Waals surface area contributed by atoms with E-state index < -0.39 is 0 Å². The third kappa shape index (κ3) is 1.43. The zero-order valence-electron chi connectivity index (χ0n) is 5.91. The maximum Gasteiger partial charge on any atom is 0.178 e. The molecule has 56 valence electrons. The summed E-state index contributed by atoms with van der Waals surface area (Å²) in [6.45, 7) is 7.16. The van der Waals surface area contributed by atoms with Gasteiger partial charge in [0.25, 0.3) is 0 Å². The van der Waals surface area contributed by atoms with E-state index in [1.54, 1.807) is 12.2 Å². The lowest BCUT2D eigenvalue weighted by molar-refractivity contribution is 0.112. The molecule has 0 bridgehead atoms. The number of hydrogen-bond acceptors (Lipinski definition) is 3. The average molecular weight is 165 g/mol. The van der Waals surface area contributed by atoms with Crippen molar-refractivity contribution in [2.24, 2.45) is 0 Å². The lowest BCUT2D eigenvalue weighted by Crippen LogP contribution is -1.76. The van der Waals surface area contributed by atoms with Gasteiger partial charge in [-0.25, -0.2) is 4.98 Å². The molecule has 0 spiro atoms. The van der Waals surface area contributed by atoms with Gasteiger partial charge in [0.2, 0.25) is 0 Å². The quantitative estimate of drug-likeness (QED) is 0.643. The fourth-order valence-electron chi connectivity index (χ4n) is 0.704. The summed E-state index contributed by atoms with van der Waals surface area (Å²) in [6, 6.07) is 0. The van der Waals surface area contributed by atoms with Crippen LogP contribution in [0.4, 0.5) is 0 Å². The van der Waals surface area contributed by atoms with Gasteiger partial charge in [-0.05, 0) is 12.2 Å². The molecule has 0 saturated carbocycles. The van der Waals surface area contributed by atoms with Crippen LogP contribution in [0.15, 0.2) is 13.2 Å². The van der Waals surface area contributed by atoms with Crippen LogP contribution in [-0.4, -0.2) is 11.3 Å². The molecule has 0 fully saturated rings. The number of thiazole rings is 1. The minimum absolute atomic E-state index is 0.467. The molecular weight excluding hydrogens is 158 g/mol. The number of carbonyl (C=O) groups excluding carboxylic acids is 1. The second-order valence-electron chi connectivity index (χ2n) is 1.83. The molecule has 3 heteroatoms. The largest absolute Gasteiger partial charge is 0.295 e. The Morgan fingerprint density at radius 1 is 1.36 bits per heavy atom. The van der Waals surface area contributed by atoms with Crippen LogP contribution >= 0.6 is 11.3 Å². The van der Waals surface area contributed by atoms with Gasteiger partial charge in [-0.2, -0.15) is 0 Å². The van der Waals surface area contributed by atoms with Crippen LogP contribution in [-0.2, 0) is 0 Å². The Morgan fingerprint density at radius 3 is 2.45 bits per heavy atom. The van der Waals surface area contributed by atoms with E-state index in [1.807, 2.05) is 0 Å². The monoisotopic (exact) mass is 165 g/mol. The van der Waals surface area contributed by atoms with Gasteiger partial charge in [-0.3, -0.25) is 4.79 Å². The molecule has 11 heavy (non-hydrogen) atoms.